The van der Waals surface area contributed by atoms with Crippen LogP contribution in [0.4, 0.5) is 18.9 Å². The highest BCUT2D eigenvalue weighted by Gasteiger charge is 2.39. The van der Waals surface area contributed by atoms with Crippen LogP contribution in [0.15, 0.2) is 52.3 Å². The molecular formula is C17H14F3NO3S. The van der Waals surface area contributed by atoms with Gasteiger partial charge in [0.25, 0.3) is 0 Å². The number of ether oxygens (including phenoxy) is 1. The van der Waals surface area contributed by atoms with E-state index in [1.54, 1.807) is 0 Å². The van der Waals surface area contributed by atoms with Gasteiger partial charge in [0, 0.05) is 9.79 Å². The van der Waals surface area contributed by atoms with Crippen molar-refractivity contribution in [3.8, 4) is 0 Å². The molecule has 0 radical (unpaired) electrons. The van der Waals surface area contributed by atoms with Gasteiger partial charge in [-0.1, -0.05) is 29.5 Å². The van der Waals surface area contributed by atoms with Gasteiger partial charge in [0.2, 0.25) is 0 Å². The quantitative estimate of drug-likeness (QED) is 0.810. The van der Waals surface area contributed by atoms with Gasteiger partial charge in [-0.2, -0.15) is 13.2 Å². The minimum absolute atomic E-state index is 0.0354. The first-order valence-electron chi connectivity index (χ1n) is 7.06. The molecule has 8 heteroatoms. The van der Waals surface area contributed by atoms with Gasteiger partial charge in [-0.25, -0.2) is 4.79 Å². The zero-order chi connectivity index (χ0) is 18.6. The lowest BCUT2D eigenvalue weighted by Gasteiger charge is -2.13. The van der Waals surface area contributed by atoms with Gasteiger partial charge in [0.05, 0.1) is 18.4 Å². The van der Waals surface area contributed by atoms with Crippen LogP contribution in [0.2, 0.25) is 0 Å². The van der Waals surface area contributed by atoms with Gasteiger partial charge in [-0.3, -0.25) is 4.79 Å². The first-order valence-corrected chi connectivity index (χ1v) is 7.87. The fourth-order valence-electron chi connectivity index (χ4n) is 1.89. The molecule has 0 saturated heterocycles. The van der Waals surface area contributed by atoms with Crippen molar-refractivity contribution in [3.05, 3.63) is 53.6 Å². The third-order valence-corrected chi connectivity index (χ3v) is 4.24. The number of methoxy groups -OCH3 is 1. The molecule has 0 saturated carbocycles. The number of carbonyl (C=O) groups is 2. The van der Waals surface area contributed by atoms with Gasteiger partial charge in [0.15, 0.2) is 0 Å². The molecule has 4 nitrogen and oxygen atoms in total. The highest BCUT2D eigenvalue weighted by molar-refractivity contribution is 7.99. The summed E-state index contributed by atoms with van der Waals surface area (Å²) in [4.78, 5) is 24.0. The molecule has 1 amide bonds. The molecule has 1 N–H and O–H groups in total. The second-order valence-electron chi connectivity index (χ2n) is 5.07. The number of alkyl halides is 3. The molecule has 0 unspecified atom stereocenters. The number of esters is 1. The summed E-state index contributed by atoms with van der Waals surface area (Å²) in [6, 6.07) is 11.4. The first-order chi connectivity index (χ1) is 11.7. The van der Waals surface area contributed by atoms with Crippen molar-refractivity contribution in [2.24, 2.45) is 0 Å². The molecule has 2 rings (SSSR count). The van der Waals surface area contributed by atoms with Crippen LogP contribution in [0, 0.1) is 6.92 Å². The van der Waals surface area contributed by atoms with E-state index in [4.69, 9.17) is 0 Å². The van der Waals surface area contributed by atoms with Gasteiger partial charge in [0.1, 0.15) is 0 Å². The Labute approximate surface area is 146 Å². The summed E-state index contributed by atoms with van der Waals surface area (Å²) in [6.07, 6.45) is -5.03. The van der Waals surface area contributed by atoms with E-state index in [-0.39, 0.29) is 11.3 Å². The van der Waals surface area contributed by atoms with Crippen LogP contribution in [0.1, 0.15) is 15.9 Å². The lowest BCUT2D eigenvalue weighted by atomic mass is 10.2. The number of halogens is 3. The number of aryl methyl sites for hydroxylation is 1. The Morgan fingerprint density at radius 1 is 1.08 bits per heavy atom. The average Bonchev–Trinajstić information content (AvgIpc) is 2.56. The molecule has 0 heterocycles. The molecule has 0 aliphatic rings. The Hall–Kier alpha value is -2.48. The summed E-state index contributed by atoms with van der Waals surface area (Å²) in [5.74, 6) is -2.82. The maximum Gasteiger partial charge on any atom is 0.471 e. The van der Waals surface area contributed by atoms with Gasteiger partial charge >= 0.3 is 18.1 Å². The molecule has 0 aliphatic heterocycles. The predicted octanol–water partition coefficient (Wildman–Crippen LogP) is 4.43. The number of anilines is 1. The topological polar surface area (TPSA) is 55.4 Å². The van der Waals surface area contributed by atoms with E-state index >= 15 is 0 Å². The molecule has 0 atom stereocenters. The lowest BCUT2D eigenvalue weighted by Crippen LogP contribution is -2.30. The summed E-state index contributed by atoms with van der Waals surface area (Å²) in [7, 11) is 1.16. The third-order valence-electron chi connectivity index (χ3n) is 3.16. The maximum absolute atomic E-state index is 12.6. The van der Waals surface area contributed by atoms with E-state index in [0.717, 1.165) is 23.6 Å². The van der Waals surface area contributed by atoms with Crippen molar-refractivity contribution < 1.29 is 27.5 Å². The Bertz CT molecular complexity index is 789. The number of amides is 1. The van der Waals surface area contributed by atoms with Crippen molar-refractivity contribution in [1.82, 2.24) is 0 Å². The third kappa shape index (κ3) is 4.99. The second kappa shape index (κ2) is 7.60. The standard InChI is InChI=1S/C17H14F3NO3S/c1-10-3-6-12(7-4-10)25-14-8-5-11(15(22)24-2)9-13(14)21-16(23)17(18,19)20/h3-9H,1-2H3,(H,21,23). The smallest absolute Gasteiger partial charge is 0.465 e. The molecule has 25 heavy (non-hydrogen) atoms. The van der Waals surface area contributed by atoms with Crippen LogP contribution in [0.3, 0.4) is 0 Å². The second-order valence-corrected chi connectivity index (χ2v) is 6.18. The van der Waals surface area contributed by atoms with Crippen LogP contribution in [-0.2, 0) is 9.53 Å². The zero-order valence-corrected chi connectivity index (χ0v) is 14.1. The highest BCUT2D eigenvalue weighted by Crippen LogP contribution is 2.35. The molecule has 2 aromatic rings. The normalized spacial score (nSPS) is 11.1. The minimum atomic E-state index is -5.03. The predicted molar refractivity (Wildman–Crippen MR) is 87.8 cm³/mol. The summed E-state index contributed by atoms with van der Waals surface area (Å²) in [6.45, 7) is 1.91. The van der Waals surface area contributed by atoms with E-state index in [2.05, 4.69) is 4.74 Å². The number of hydrogen-bond donors (Lipinski definition) is 1. The fourth-order valence-corrected chi connectivity index (χ4v) is 2.77. The fraction of sp³-hybridized carbons (Fsp3) is 0.176. The lowest BCUT2D eigenvalue weighted by molar-refractivity contribution is -0.167. The van der Waals surface area contributed by atoms with E-state index in [1.165, 1.54) is 23.9 Å². The SMILES string of the molecule is COC(=O)c1ccc(Sc2ccc(C)cc2)c(NC(=O)C(F)(F)F)c1. The zero-order valence-electron chi connectivity index (χ0n) is 13.3. The van der Waals surface area contributed by atoms with Gasteiger partial charge in [-0.15, -0.1) is 0 Å². The van der Waals surface area contributed by atoms with Crippen LogP contribution < -0.4 is 5.32 Å². The van der Waals surface area contributed by atoms with Gasteiger partial charge in [-0.05, 0) is 37.3 Å². The number of carbonyl (C=O) groups excluding carboxylic acids is 2. The number of rotatable bonds is 4. The molecule has 132 valence electrons. The van der Waals surface area contributed by atoms with Crippen LogP contribution in [-0.4, -0.2) is 25.2 Å². The van der Waals surface area contributed by atoms with Crippen LogP contribution >= 0.6 is 11.8 Å². The summed E-state index contributed by atoms with van der Waals surface area (Å²) in [5, 5.41) is 1.81. The van der Waals surface area contributed by atoms with E-state index < -0.39 is 18.1 Å². The number of benzene rings is 2. The molecule has 0 spiro atoms. The Morgan fingerprint density at radius 2 is 1.72 bits per heavy atom. The van der Waals surface area contributed by atoms with Crippen molar-refractivity contribution >= 4 is 29.3 Å². The Kier molecular flexibility index (Phi) is 5.73. The maximum atomic E-state index is 12.6. The molecule has 2 aromatic carbocycles. The highest BCUT2D eigenvalue weighted by atomic mass is 32.2. The monoisotopic (exact) mass is 369 g/mol. The largest absolute Gasteiger partial charge is 0.471 e. The first kappa shape index (κ1) is 18.9. The van der Waals surface area contributed by atoms with Crippen molar-refractivity contribution in [2.45, 2.75) is 22.9 Å². The summed E-state index contributed by atoms with van der Waals surface area (Å²) in [5.41, 5.74) is 0.958. The minimum Gasteiger partial charge on any atom is -0.465 e. The van der Waals surface area contributed by atoms with E-state index in [9.17, 15) is 22.8 Å². The van der Waals surface area contributed by atoms with E-state index in [1.807, 2.05) is 36.5 Å². The summed E-state index contributed by atoms with van der Waals surface area (Å²) >= 11 is 1.17. The van der Waals surface area contributed by atoms with Gasteiger partial charge < -0.3 is 10.1 Å². The van der Waals surface area contributed by atoms with Crippen molar-refractivity contribution in [1.29, 1.82) is 0 Å². The Morgan fingerprint density at radius 3 is 2.28 bits per heavy atom. The number of hydrogen-bond acceptors (Lipinski definition) is 4. The molecule has 0 bridgehead atoms. The average molecular weight is 369 g/mol. The van der Waals surface area contributed by atoms with E-state index in [0.29, 0.717) is 4.90 Å². The van der Waals surface area contributed by atoms with Crippen LogP contribution in [0.25, 0.3) is 0 Å². The molecule has 0 fully saturated rings. The molecular weight excluding hydrogens is 355 g/mol. The van der Waals surface area contributed by atoms with Crippen LogP contribution in [0.5, 0.6) is 0 Å². The van der Waals surface area contributed by atoms with Crippen molar-refractivity contribution in [3.63, 3.8) is 0 Å². The summed E-state index contributed by atoms with van der Waals surface area (Å²) < 4.78 is 42.2. The Balaban J connectivity index is 2.38. The number of nitrogens with one attached hydrogen (secondary N) is 1. The van der Waals surface area contributed by atoms with Crippen molar-refractivity contribution in [2.75, 3.05) is 12.4 Å². The molecule has 0 aliphatic carbocycles. The molecule has 0 aromatic heterocycles.